The van der Waals surface area contributed by atoms with Crippen molar-refractivity contribution in [3.05, 3.63) is 42.4 Å². The monoisotopic (exact) mass is 188 g/mol. The minimum atomic E-state index is -0.964. The molecule has 0 saturated heterocycles. The van der Waals surface area contributed by atoms with Crippen molar-refractivity contribution >= 4 is 5.97 Å². The zero-order valence-corrected chi connectivity index (χ0v) is 7.27. The SMILES string of the molecule is O=C(O)c1cccnc1-c1cc[nH]c1. The van der Waals surface area contributed by atoms with Gasteiger partial charge in [-0.25, -0.2) is 4.79 Å². The molecule has 0 bridgehead atoms. The topological polar surface area (TPSA) is 66.0 Å². The summed E-state index contributed by atoms with van der Waals surface area (Å²) in [5.74, 6) is -0.964. The smallest absolute Gasteiger partial charge is 0.337 e. The third-order valence-corrected chi connectivity index (χ3v) is 1.91. The van der Waals surface area contributed by atoms with Gasteiger partial charge in [-0.2, -0.15) is 0 Å². The van der Waals surface area contributed by atoms with E-state index in [0.29, 0.717) is 5.69 Å². The van der Waals surface area contributed by atoms with Crippen molar-refractivity contribution in [1.29, 1.82) is 0 Å². The average Bonchev–Trinajstić information content (AvgIpc) is 2.70. The predicted molar refractivity (Wildman–Crippen MR) is 51.0 cm³/mol. The molecule has 2 aromatic heterocycles. The van der Waals surface area contributed by atoms with Gasteiger partial charge in [0, 0.05) is 24.2 Å². The van der Waals surface area contributed by atoms with Gasteiger partial charge in [-0.05, 0) is 18.2 Å². The molecule has 2 heterocycles. The zero-order valence-electron chi connectivity index (χ0n) is 7.27. The summed E-state index contributed by atoms with van der Waals surface area (Å²) < 4.78 is 0. The highest BCUT2D eigenvalue weighted by atomic mass is 16.4. The Bertz CT molecular complexity index is 449. The number of hydrogen-bond acceptors (Lipinski definition) is 2. The van der Waals surface area contributed by atoms with Gasteiger partial charge in [-0.15, -0.1) is 0 Å². The summed E-state index contributed by atoms with van der Waals surface area (Å²) in [7, 11) is 0. The molecule has 0 saturated carbocycles. The fraction of sp³-hybridized carbons (Fsp3) is 0. The number of H-pyrrole nitrogens is 1. The van der Waals surface area contributed by atoms with E-state index < -0.39 is 5.97 Å². The van der Waals surface area contributed by atoms with E-state index in [9.17, 15) is 4.79 Å². The van der Waals surface area contributed by atoms with Gasteiger partial charge in [0.1, 0.15) is 0 Å². The molecule has 0 aromatic carbocycles. The van der Waals surface area contributed by atoms with Crippen LogP contribution >= 0.6 is 0 Å². The molecule has 70 valence electrons. The lowest BCUT2D eigenvalue weighted by Gasteiger charge is -2.00. The van der Waals surface area contributed by atoms with Crippen LogP contribution in [0.2, 0.25) is 0 Å². The lowest BCUT2D eigenvalue weighted by atomic mass is 10.1. The molecule has 0 amide bonds. The quantitative estimate of drug-likeness (QED) is 0.754. The second-order valence-corrected chi connectivity index (χ2v) is 2.80. The van der Waals surface area contributed by atoms with E-state index >= 15 is 0 Å². The van der Waals surface area contributed by atoms with Gasteiger partial charge < -0.3 is 10.1 Å². The standard InChI is InChI=1S/C10H8N2O2/c13-10(14)8-2-1-4-12-9(8)7-3-5-11-6-7/h1-6,11H,(H,13,14). The molecule has 2 aromatic rings. The van der Waals surface area contributed by atoms with E-state index in [4.69, 9.17) is 5.11 Å². The number of nitrogens with one attached hydrogen (secondary N) is 1. The Labute approximate surface area is 80.2 Å². The average molecular weight is 188 g/mol. The maximum atomic E-state index is 10.9. The summed E-state index contributed by atoms with van der Waals surface area (Å²) >= 11 is 0. The number of carboxylic acids is 1. The number of aromatic amines is 1. The van der Waals surface area contributed by atoms with Gasteiger partial charge in [-0.3, -0.25) is 4.98 Å². The fourth-order valence-electron chi connectivity index (χ4n) is 1.28. The molecule has 0 aliphatic rings. The molecule has 0 unspecified atom stereocenters. The summed E-state index contributed by atoms with van der Waals surface area (Å²) in [6.07, 6.45) is 5.03. The van der Waals surface area contributed by atoms with Gasteiger partial charge >= 0.3 is 5.97 Å². The summed E-state index contributed by atoms with van der Waals surface area (Å²) in [6, 6.07) is 4.94. The van der Waals surface area contributed by atoms with E-state index in [1.54, 1.807) is 30.7 Å². The first-order valence-corrected chi connectivity index (χ1v) is 4.10. The van der Waals surface area contributed by atoms with Crippen LogP contribution in [0, 0.1) is 0 Å². The molecule has 2 rings (SSSR count). The molecule has 2 N–H and O–H groups in total. The summed E-state index contributed by atoms with van der Waals surface area (Å²) in [5, 5.41) is 8.91. The second kappa shape index (κ2) is 3.33. The second-order valence-electron chi connectivity index (χ2n) is 2.80. The number of carbonyl (C=O) groups is 1. The number of aromatic carboxylic acids is 1. The molecule has 14 heavy (non-hydrogen) atoms. The van der Waals surface area contributed by atoms with Crippen LogP contribution in [-0.4, -0.2) is 21.0 Å². The van der Waals surface area contributed by atoms with E-state index in [-0.39, 0.29) is 5.56 Å². The number of hydrogen-bond donors (Lipinski definition) is 2. The Balaban J connectivity index is 2.58. The molecular formula is C10H8N2O2. The van der Waals surface area contributed by atoms with E-state index in [2.05, 4.69) is 9.97 Å². The first-order valence-electron chi connectivity index (χ1n) is 4.10. The first kappa shape index (κ1) is 8.50. The highest BCUT2D eigenvalue weighted by Crippen LogP contribution is 2.19. The van der Waals surface area contributed by atoms with Crippen LogP contribution in [0.15, 0.2) is 36.8 Å². The molecule has 0 atom stereocenters. The van der Waals surface area contributed by atoms with E-state index in [1.807, 2.05) is 0 Å². The van der Waals surface area contributed by atoms with Crippen LogP contribution in [-0.2, 0) is 0 Å². The highest BCUT2D eigenvalue weighted by molar-refractivity contribution is 5.94. The maximum absolute atomic E-state index is 10.9. The van der Waals surface area contributed by atoms with Gasteiger partial charge in [0.15, 0.2) is 0 Å². The third-order valence-electron chi connectivity index (χ3n) is 1.91. The molecular weight excluding hydrogens is 180 g/mol. The van der Waals surface area contributed by atoms with Crippen LogP contribution in [0.5, 0.6) is 0 Å². The van der Waals surface area contributed by atoms with Crippen molar-refractivity contribution in [2.24, 2.45) is 0 Å². The van der Waals surface area contributed by atoms with Crippen molar-refractivity contribution in [2.45, 2.75) is 0 Å². The zero-order chi connectivity index (χ0) is 9.97. The van der Waals surface area contributed by atoms with E-state index in [1.165, 1.54) is 6.07 Å². The van der Waals surface area contributed by atoms with Gasteiger partial charge in [-0.1, -0.05) is 0 Å². The van der Waals surface area contributed by atoms with Gasteiger partial charge in [0.2, 0.25) is 0 Å². The van der Waals surface area contributed by atoms with Crippen LogP contribution in [0.4, 0.5) is 0 Å². The fourth-order valence-corrected chi connectivity index (χ4v) is 1.28. The van der Waals surface area contributed by atoms with Crippen LogP contribution in [0.25, 0.3) is 11.3 Å². The molecule has 0 aliphatic carbocycles. The molecule has 0 aliphatic heterocycles. The molecule has 4 heteroatoms. The minimum Gasteiger partial charge on any atom is -0.478 e. The Morgan fingerprint density at radius 2 is 2.29 bits per heavy atom. The Morgan fingerprint density at radius 1 is 1.43 bits per heavy atom. The number of nitrogens with zero attached hydrogens (tertiary/aromatic N) is 1. The first-order chi connectivity index (χ1) is 6.79. The maximum Gasteiger partial charge on any atom is 0.337 e. The normalized spacial score (nSPS) is 10.0. The Morgan fingerprint density at radius 3 is 2.93 bits per heavy atom. The van der Waals surface area contributed by atoms with Crippen LogP contribution in [0.1, 0.15) is 10.4 Å². The van der Waals surface area contributed by atoms with Gasteiger partial charge in [0.25, 0.3) is 0 Å². The van der Waals surface area contributed by atoms with Crippen LogP contribution < -0.4 is 0 Å². The van der Waals surface area contributed by atoms with Crippen molar-refractivity contribution in [3.63, 3.8) is 0 Å². The number of rotatable bonds is 2. The van der Waals surface area contributed by atoms with Crippen molar-refractivity contribution in [1.82, 2.24) is 9.97 Å². The Kier molecular flexibility index (Phi) is 2.02. The van der Waals surface area contributed by atoms with Crippen LogP contribution in [0.3, 0.4) is 0 Å². The predicted octanol–water partition coefficient (Wildman–Crippen LogP) is 1.77. The molecule has 0 spiro atoms. The van der Waals surface area contributed by atoms with Gasteiger partial charge in [0.05, 0.1) is 11.3 Å². The van der Waals surface area contributed by atoms with Crippen molar-refractivity contribution in [2.75, 3.05) is 0 Å². The highest BCUT2D eigenvalue weighted by Gasteiger charge is 2.11. The molecule has 0 radical (unpaired) electrons. The summed E-state index contributed by atoms with van der Waals surface area (Å²) in [6.45, 7) is 0. The largest absolute Gasteiger partial charge is 0.478 e. The molecule has 0 fully saturated rings. The number of carboxylic acid groups (broad SMARTS) is 1. The Hall–Kier alpha value is -2.10. The summed E-state index contributed by atoms with van der Waals surface area (Å²) in [4.78, 5) is 17.8. The van der Waals surface area contributed by atoms with Crippen molar-refractivity contribution < 1.29 is 9.90 Å². The number of aromatic nitrogens is 2. The lowest BCUT2D eigenvalue weighted by molar-refractivity contribution is 0.0697. The third kappa shape index (κ3) is 1.37. The number of pyridine rings is 1. The van der Waals surface area contributed by atoms with Crippen molar-refractivity contribution in [3.8, 4) is 11.3 Å². The lowest BCUT2D eigenvalue weighted by Crippen LogP contribution is -2.00. The minimum absolute atomic E-state index is 0.215. The molecule has 4 nitrogen and oxygen atoms in total. The summed E-state index contributed by atoms with van der Waals surface area (Å²) in [5.41, 5.74) is 1.48. The van der Waals surface area contributed by atoms with E-state index in [0.717, 1.165) is 5.56 Å².